The van der Waals surface area contributed by atoms with Crippen LogP contribution < -0.4 is 14.4 Å². The first kappa shape index (κ1) is 29.8. The molecule has 2 bridgehead atoms. The second-order valence-corrected chi connectivity index (χ2v) is 16.1. The molecular weight excluding hydrogens is 640 g/mol. The number of carbonyl (C=O) groups is 2. The van der Waals surface area contributed by atoms with E-state index in [2.05, 4.69) is 15.7 Å². The topological polar surface area (TPSA) is 108 Å². The molecule has 2 aliphatic heterocycles. The molecule has 1 spiro atoms. The average Bonchev–Trinajstić information content (AvgIpc) is 3.16. The van der Waals surface area contributed by atoms with Gasteiger partial charge in [-0.05, 0) is 106 Å². The summed E-state index contributed by atoms with van der Waals surface area (Å²) in [6.45, 7) is 1.22. The van der Waals surface area contributed by atoms with E-state index in [0.29, 0.717) is 36.2 Å². The zero-order chi connectivity index (χ0) is 36.2. The maximum absolute atomic E-state index is 13.8. The predicted octanol–water partition coefficient (Wildman–Crippen LogP) is 4.99. The zero-order valence-electron chi connectivity index (χ0n) is 30.3. The molecule has 254 valence electrons. The average molecular weight is 688 g/mol. The molecule has 2 amide bonds. The summed E-state index contributed by atoms with van der Waals surface area (Å²) < 4.78 is 66.9. The van der Waals surface area contributed by atoms with Gasteiger partial charge in [0.15, 0.2) is 0 Å². The normalized spacial score (nSPS) is 30.4. The van der Waals surface area contributed by atoms with Crippen molar-refractivity contribution < 1.29 is 31.6 Å². The maximum atomic E-state index is 13.8. The molecule has 10 nitrogen and oxygen atoms in total. The van der Waals surface area contributed by atoms with E-state index in [1.807, 2.05) is 12.1 Å². The summed E-state index contributed by atoms with van der Waals surface area (Å²) in [7, 11) is -1.22. The molecule has 1 N–H and O–H groups in total. The van der Waals surface area contributed by atoms with Crippen molar-refractivity contribution in [2.45, 2.75) is 67.9 Å². The summed E-state index contributed by atoms with van der Waals surface area (Å²) in [5, 5.41) is 0.675. The van der Waals surface area contributed by atoms with Gasteiger partial charge in [0.1, 0.15) is 11.9 Å². The smallest absolute Gasteiger partial charge is 0.409 e. The van der Waals surface area contributed by atoms with Gasteiger partial charge in [0.05, 0.1) is 22.7 Å². The van der Waals surface area contributed by atoms with Gasteiger partial charge in [-0.25, -0.2) is 17.9 Å². The van der Waals surface area contributed by atoms with Crippen LogP contribution in [0, 0.1) is 11.8 Å². The molecular formula is C35H45ClN4O6S. The molecule has 1 fully saturated rings. The van der Waals surface area contributed by atoms with Gasteiger partial charge in [0, 0.05) is 54.2 Å². The summed E-state index contributed by atoms with van der Waals surface area (Å²) in [4.78, 5) is 30.9. The van der Waals surface area contributed by atoms with Crippen molar-refractivity contribution >= 4 is 39.3 Å². The number of nitrogens with zero attached hydrogens (tertiary/aromatic N) is 3. The van der Waals surface area contributed by atoms with E-state index in [1.54, 1.807) is 32.3 Å². The lowest BCUT2D eigenvalue weighted by molar-refractivity contribution is -0.128. The van der Waals surface area contributed by atoms with E-state index in [-0.39, 0.29) is 23.3 Å². The number of aryl methyl sites for hydroxylation is 1. The lowest BCUT2D eigenvalue weighted by Crippen LogP contribution is -2.54. The van der Waals surface area contributed by atoms with Crippen molar-refractivity contribution in [2.75, 3.05) is 52.2 Å². The van der Waals surface area contributed by atoms with E-state index < -0.39 is 46.1 Å². The molecule has 0 saturated heterocycles. The molecule has 0 radical (unpaired) electrons. The Bertz CT molecular complexity index is 1800. The van der Waals surface area contributed by atoms with Gasteiger partial charge in [-0.15, -0.1) is 0 Å². The molecule has 0 unspecified atom stereocenters. The molecule has 4 atom stereocenters. The summed E-state index contributed by atoms with van der Waals surface area (Å²) >= 11 is 6.42. The van der Waals surface area contributed by atoms with Crippen molar-refractivity contribution in [1.82, 2.24) is 14.5 Å². The molecule has 2 aromatic carbocycles. The minimum absolute atomic E-state index is 0.0546. The van der Waals surface area contributed by atoms with E-state index >= 15 is 0 Å². The minimum Gasteiger partial charge on any atom is -0.490 e. The van der Waals surface area contributed by atoms with Gasteiger partial charge in [-0.2, -0.15) is 0 Å². The van der Waals surface area contributed by atoms with Crippen molar-refractivity contribution in [3.05, 3.63) is 64.7 Å². The molecule has 0 aromatic heterocycles. The molecule has 2 aliphatic carbocycles. The first-order chi connectivity index (χ1) is 23.4. The van der Waals surface area contributed by atoms with Gasteiger partial charge >= 0.3 is 6.09 Å². The number of nitrogens with one attached hydrogen (secondary N) is 1. The van der Waals surface area contributed by atoms with Crippen LogP contribution in [0.3, 0.4) is 0 Å². The Balaban J connectivity index is 1.47. The number of hydrogen-bond donors (Lipinski definition) is 1. The second kappa shape index (κ2) is 12.6. The van der Waals surface area contributed by atoms with Crippen LogP contribution in [0.15, 0.2) is 53.4 Å². The van der Waals surface area contributed by atoms with Crippen molar-refractivity contribution in [1.29, 1.82) is 0 Å². The Morgan fingerprint density at radius 3 is 2.72 bits per heavy atom. The first-order valence-electron chi connectivity index (χ1n) is 17.6. The van der Waals surface area contributed by atoms with Crippen LogP contribution in [0.2, 0.25) is 5.02 Å². The van der Waals surface area contributed by atoms with Crippen LogP contribution in [0.1, 0.15) is 54.8 Å². The quantitative estimate of drug-likeness (QED) is 0.418. The summed E-state index contributed by atoms with van der Waals surface area (Å²) in [6, 6.07) is 10.6. The van der Waals surface area contributed by atoms with E-state index in [1.165, 1.54) is 42.0 Å². The molecule has 47 heavy (non-hydrogen) atoms. The maximum Gasteiger partial charge on any atom is 0.409 e. The molecule has 4 aliphatic rings. The number of rotatable bonds is 1. The third-order valence-electron chi connectivity index (χ3n) is 10.3. The highest BCUT2D eigenvalue weighted by molar-refractivity contribution is 7.90. The zero-order valence-corrected chi connectivity index (χ0v) is 28.9. The molecule has 2 aromatic rings. The fourth-order valence-corrected chi connectivity index (χ4v) is 8.57. The Morgan fingerprint density at radius 2 is 2.00 bits per heavy atom. The van der Waals surface area contributed by atoms with Crippen molar-refractivity contribution in [3.63, 3.8) is 0 Å². The molecule has 6 rings (SSSR count). The molecule has 1 saturated carbocycles. The monoisotopic (exact) mass is 687 g/mol. The van der Waals surface area contributed by atoms with Gasteiger partial charge in [-0.3, -0.25) is 9.69 Å². The van der Waals surface area contributed by atoms with Crippen molar-refractivity contribution in [2.24, 2.45) is 11.8 Å². The second-order valence-electron chi connectivity index (χ2n) is 14.0. The number of anilines is 1. The lowest BCUT2D eigenvalue weighted by atomic mass is 9.68. The summed E-state index contributed by atoms with van der Waals surface area (Å²) in [5.41, 5.74) is 0.745. The number of sulfonamides is 1. The fraction of sp³-hybridized carbons (Fsp3) is 0.543. The number of amides is 2. The van der Waals surface area contributed by atoms with E-state index in [0.717, 1.165) is 37.0 Å². The SMILES string of the molecule is [2H]C([2H])([2H])N1C/C=C\[C@H](OC(=O)N(C)C)[C@@H]2CC[C@H]2CN2C[C@@]3(CCCc4cc(Cl)ccc43)COc3ccc(cc32)S(=O)(=O)NC(=O)C1(C)C. The number of hydrogen-bond acceptors (Lipinski definition) is 8. The van der Waals surface area contributed by atoms with Gasteiger partial charge in [0.2, 0.25) is 0 Å². The lowest BCUT2D eigenvalue weighted by Gasteiger charge is -2.46. The Kier molecular flexibility index (Phi) is 8.02. The van der Waals surface area contributed by atoms with Gasteiger partial charge in [0.25, 0.3) is 15.9 Å². The number of carbonyl (C=O) groups excluding carboxylic acids is 2. The first-order valence-corrected chi connectivity index (χ1v) is 18.0. The number of halogens is 1. The largest absolute Gasteiger partial charge is 0.490 e. The van der Waals surface area contributed by atoms with Crippen LogP contribution >= 0.6 is 11.6 Å². The Morgan fingerprint density at radius 1 is 1.19 bits per heavy atom. The van der Waals surface area contributed by atoms with Crippen LogP contribution in [-0.2, 0) is 31.4 Å². The van der Waals surface area contributed by atoms with Crippen LogP contribution in [0.5, 0.6) is 5.75 Å². The fourth-order valence-electron chi connectivity index (χ4n) is 7.25. The number of ether oxygens (including phenoxy) is 2. The van der Waals surface area contributed by atoms with E-state index in [4.69, 9.17) is 25.2 Å². The van der Waals surface area contributed by atoms with E-state index in [9.17, 15) is 18.0 Å². The highest BCUT2D eigenvalue weighted by Gasteiger charge is 2.45. The Hall–Kier alpha value is -3.28. The summed E-state index contributed by atoms with van der Waals surface area (Å²) in [6.07, 6.45) is 6.44. The van der Waals surface area contributed by atoms with Crippen molar-refractivity contribution in [3.8, 4) is 5.75 Å². The third kappa shape index (κ3) is 6.46. The van der Waals surface area contributed by atoms with Crippen LogP contribution in [0.25, 0.3) is 0 Å². The van der Waals surface area contributed by atoms with Crippen LogP contribution in [-0.4, -0.2) is 89.2 Å². The number of likely N-dealkylation sites (N-methyl/N-ethyl adjacent to an activating group) is 1. The predicted molar refractivity (Wildman–Crippen MR) is 182 cm³/mol. The minimum atomic E-state index is -4.43. The number of benzene rings is 2. The highest BCUT2D eigenvalue weighted by atomic mass is 35.5. The van der Waals surface area contributed by atoms with Gasteiger partial charge < -0.3 is 19.3 Å². The third-order valence-corrected chi connectivity index (χ3v) is 11.9. The molecule has 12 heteroatoms. The summed E-state index contributed by atoms with van der Waals surface area (Å²) in [5.74, 6) is -0.509. The standard InChI is InChI=1S/C35H45ClN4O6S/c1-34(2)32(41)37-47(43,44)26-12-15-31-29(19-26)40(21-35(22-45-31)16-6-8-23-18-25(36)11-14-28(23)35)20-24-10-13-27(24)30(9-7-17-39(34)5)46-33(42)38(3)4/h7,9,11-12,14-15,18-19,24,27,30H,6,8,10,13,16-17,20-22H2,1-5H3,(H,37,41)/b9-7-/t24-,27+,30-,35-/m0/s1/i5D3. The number of fused-ring (bicyclic) bond motifs is 4. The van der Waals surface area contributed by atoms with Crippen LogP contribution in [0.4, 0.5) is 10.5 Å². The highest BCUT2D eigenvalue weighted by Crippen LogP contribution is 2.47. The molecule has 2 heterocycles. The van der Waals surface area contributed by atoms with Gasteiger partial charge in [-0.1, -0.05) is 23.7 Å². The Labute approximate surface area is 287 Å².